The lowest BCUT2D eigenvalue weighted by molar-refractivity contribution is -0.163. The predicted octanol–water partition coefficient (Wildman–Crippen LogP) is 16.8. The van der Waals surface area contributed by atoms with Gasteiger partial charge in [0, 0.05) is 19.4 Å². The number of carbonyl (C=O) groups excluding carboxylic acids is 2. The van der Waals surface area contributed by atoms with Gasteiger partial charge in [0.25, 0.3) is 0 Å². The smallest absolute Gasteiger partial charge is 0.306 e. The zero-order valence-corrected chi connectivity index (χ0v) is 38.8. The number of hydrogen-bond acceptors (Lipinski definition) is 5. The molecule has 0 fully saturated rings. The summed E-state index contributed by atoms with van der Waals surface area (Å²) in [6, 6.07) is 0. The minimum Gasteiger partial charge on any atom is -0.462 e. The minimum absolute atomic E-state index is 0.0846. The summed E-state index contributed by atoms with van der Waals surface area (Å²) in [5, 5.41) is 0. The standard InChI is InChI=1S/C53H96O5/c1-4-7-10-13-16-18-20-22-24-25-26-27-28-30-32-34-36-39-42-45-48-56-49-51(58-53(55)47-44-41-37-15-12-9-6-3)50-57-52(54)46-43-40-38-35-33-31-29-23-21-19-17-14-11-8-5-2/h7,10,16,18,22,24,26-27,51H,4-6,8-9,11-15,17,19-21,23,25,28-50H2,1-3H3/b10-7-,18-16-,24-22-,27-26-. The molecule has 0 aliphatic heterocycles. The highest BCUT2D eigenvalue weighted by Crippen LogP contribution is 2.15. The molecule has 0 amide bonds. The molecule has 58 heavy (non-hydrogen) atoms. The molecule has 1 unspecified atom stereocenters. The van der Waals surface area contributed by atoms with Gasteiger partial charge in [-0.2, -0.15) is 0 Å². The first-order valence-corrected chi connectivity index (χ1v) is 25.2. The lowest BCUT2D eigenvalue weighted by atomic mass is 10.0. The van der Waals surface area contributed by atoms with E-state index in [4.69, 9.17) is 14.2 Å². The van der Waals surface area contributed by atoms with Crippen LogP contribution in [0.2, 0.25) is 0 Å². The Bertz CT molecular complexity index is 966. The SMILES string of the molecule is CC/C=C\C/C=C\C/C=C\C/C=C\CCCCCCCCCOCC(COC(=O)CCCCCCCCCCCCCCCCC)OC(=O)CCCCCCCCC. The summed E-state index contributed by atoms with van der Waals surface area (Å²) >= 11 is 0. The van der Waals surface area contributed by atoms with Crippen molar-refractivity contribution in [2.75, 3.05) is 19.8 Å². The minimum atomic E-state index is -0.535. The van der Waals surface area contributed by atoms with Gasteiger partial charge in [-0.3, -0.25) is 9.59 Å². The Kier molecular flexibility index (Phi) is 47.4. The Morgan fingerprint density at radius 2 is 0.776 bits per heavy atom. The first-order valence-electron chi connectivity index (χ1n) is 25.2. The molecule has 1 atom stereocenters. The maximum Gasteiger partial charge on any atom is 0.306 e. The van der Waals surface area contributed by atoms with Gasteiger partial charge < -0.3 is 14.2 Å². The molecule has 0 heterocycles. The Labute approximate surface area is 361 Å². The van der Waals surface area contributed by atoms with E-state index >= 15 is 0 Å². The summed E-state index contributed by atoms with van der Waals surface area (Å²) in [6.07, 6.45) is 59.9. The Hall–Kier alpha value is -2.14. The quantitative estimate of drug-likeness (QED) is 0.0348. The van der Waals surface area contributed by atoms with Crippen molar-refractivity contribution in [1.82, 2.24) is 0 Å². The van der Waals surface area contributed by atoms with E-state index in [-0.39, 0.29) is 25.2 Å². The normalized spacial score (nSPS) is 12.5. The highest BCUT2D eigenvalue weighted by atomic mass is 16.6. The second-order valence-electron chi connectivity index (χ2n) is 16.7. The van der Waals surface area contributed by atoms with Crippen LogP contribution in [-0.2, 0) is 23.8 Å². The van der Waals surface area contributed by atoms with E-state index in [0.29, 0.717) is 19.4 Å². The zero-order valence-electron chi connectivity index (χ0n) is 38.8. The van der Waals surface area contributed by atoms with Crippen LogP contribution in [0.4, 0.5) is 0 Å². The summed E-state index contributed by atoms with van der Waals surface area (Å²) in [5.74, 6) is -0.399. The molecule has 0 aromatic carbocycles. The van der Waals surface area contributed by atoms with Crippen molar-refractivity contribution in [3.63, 3.8) is 0 Å². The average molecular weight is 813 g/mol. The molecule has 0 spiro atoms. The molecule has 0 rings (SSSR count). The summed E-state index contributed by atoms with van der Waals surface area (Å²) in [5.41, 5.74) is 0. The second kappa shape index (κ2) is 49.2. The highest BCUT2D eigenvalue weighted by Gasteiger charge is 2.17. The fourth-order valence-electron chi connectivity index (χ4n) is 7.15. The van der Waals surface area contributed by atoms with Crippen LogP contribution in [0, 0.1) is 0 Å². The second-order valence-corrected chi connectivity index (χ2v) is 16.7. The molecule has 0 saturated carbocycles. The molecule has 5 nitrogen and oxygen atoms in total. The monoisotopic (exact) mass is 813 g/mol. The van der Waals surface area contributed by atoms with Crippen LogP contribution in [0.25, 0.3) is 0 Å². The number of hydrogen-bond donors (Lipinski definition) is 0. The topological polar surface area (TPSA) is 61.8 Å². The van der Waals surface area contributed by atoms with Gasteiger partial charge >= 0.3 is 11.9 Å². The summed E-state index contributed by atoms with van der Waals surface area (Å²) < 4.78 is 17.3. The van der Waals surface area contributed by atoms with E-state index in [2.05, 4.69) is 69.4 Å². The number of unbranched alkanes of at least 4 members (excludes halogenated alkanes) is 27. The van der Waals surface area contributed by atoms with Gasteiger partial charge in [0.05, 0.1) is 6.61 Å². The van der Waals surface area contributed by atoms with Crippen LogP contribution in [0.5, 0.6) is 0 Å². The molecule has 0 saturated heterocycles. The predicted molar refractivity (Wildman–Crippen MR) is 251 cm³/mol. The zero-order chi connectivity index (χ0) is 42.1. The molecule has 0 N–H and O–H groups in total. The number of ether oxygens (including phenoxy) is 3. The van der Waals surface area contributed by atoms with Crippen molar-refractivity contribution in [3.8, 4) is 0 Å². The Morgan fingerprint density at radius 1 is 0.397 bits per heavy atom. The summed E-state index contributed by atoms with van der Waals surface area (Å²) in [6.45, 7) is 7.69. The molecule has 0 bridgehead atoms. The average Bonchev–Trinajstić information content (AvgIpc) is 3.22. The van der Waals surface area contributed by atoms with Gasteiger partial charge in [-0.05, 0) is 57.8 Å². The third kappa shape index (κ3) is 46.5. The lowest BCUT2D eigenvalue weighted by Gasteiger charge is -2.18. The Morgan fingerprint density at radius 3 is 1.24 bits per heavy atom. The van der Waals surface area contributed by atoms with Crippen molar-refractivity contribution in [2.45, 2.75) is 258 Å². The fraction of sp³-hybridized carbons (Fsp3) is 0.811. The van der Waals surface area contributed by atoms with Crippen molar-refractivity contribution in [2.24, 2.45) is 0 Å². The molecular weight excluding hydrogens is 717 g/mol. The molecule has 338 valence electrons. The largest absolute Gasteiger partial charge is 0.462 e. The molecule has 0 aliphatic carbocycles. The van der Waals surface area contributed by atoms with Crippen LogP contribution >= 0.6 is 0 Å². The Balaban J connectivity index is 4.11. The first-order chi connectivity index (χ1) is 28.6. The third-order valence-electron chi connectivity index (χ3n) is 10.9. The number of allylic oxidation sites excluding steroid dienone is 8. The molecule has 0 aromatic rings. The highest BCUT2D eigenvalue weighted by molar-refractivity contribution is 5.70. The molecular formula is C53H96O5. The number of rotatable bonds is 46. The van der Waals surface area contributed by atoms with Crippen molar-refractivity contribution in [3.05, 3.63) is 48.6 Å². The number of esters is 2. The molecule has 0 aromatic heterocycles. The van der Waals surface area contributed by atoms with E-state index in [1.165, 1.54) is 154 Å². The maximum absolute atomic E-state index is 12.7. The van der Waals surface area contributed by atoms with Gasteiger partial charge in [-0.1, -0.05) is 230 Å². The van der Waals surface area contributed by atoms with Gasteiger partial charge in [0.15, 0.2) is 6.10 Å². The number of carbonyl (C=O) groups is 2. The fourth-order valence-corrected chi connectivity index (χ4v) is 7.15. The van der Waals surface area contributed by atoms with Gasteiger partial charge in [-0.15, -0.1) is 0 Å². The van der Waals surface area contributed by atoms with Crippen LogP contribution in [-0.4, -0.2) is 37.9 Å². The summed E-state index contributed by atoms with van der Waals surface area (Å²) in [7, 11) is 0. The molecule has 5 heteroatoms. The van der Waals surface area contributed by atoms with E-state index in [1.807, 2.05) is 0 Å². The summed E-state index contributed by atoms with van der Waals surface area (Å²) in [4.78, 5) is 25.2. The van der Waals surface area contributed by atoms with E-state index in [1.54, 1.807) is 0 Å². The van der Waals surface area contributed by atoms with E-state index < -0.39 is 6.10 Å². The van der Waals surface area contributed by atoms with Gasteiger partial charge in [0.2, 0.25) is 0 Å². The van der Waals surface area contributed by atoms with Crippen LogP contribution in [0.1, 0.15) is 252 Å². The van der Waals surface area contributed by atoms with Gasteiger partial charge in [0.1, 0.15) is 6.61 Å². The van der Waals surface area contributed by atoms with E-state index in [9.17, 15) is 9.59 Å². The van der Waals surface area contributed by atoms with Gasteiger partial charge in [-0.25, -0.2) is 0 Å². The molecule has 0 radical (unpaired) electrons. The van der Waals surface area contributed by atoms with Crippen LogP contribution in [0.3, 0.4) is 0 Å². The van der Waals surface area contributed by atoms with Crippen molar-refractivity contribution < 1.29 is 23.8 Å². The maximum atomic E-state index is 12.7. The van der Waals surface area contributed by atoms with E-state index in [0.717, 1.165) is 64.2 Å². The first kappa shape index (κ1) is 55.9. The van der Waals surface area contributed by atoms with Crippen molar-refractivity contribution in [1.29, 1.82) is 0 Å². The van der Waals surface area contributed by atoms with Crippen molar-refractivity contribution >= 4 is 11.9 Å². The molecule has 0 aliphatic rings. The van der Waals surface area contributed by atoms with Crippen LogP contribution in [0.15, 0.2) is 48.6 Å². The lowest BCUT2D eigenvalue weighted by Crippen LogP contribution is -2.30. The van der Waals surface area contributed by atoms with Crippen LogP contribution < -0.4 is 0 Å². The third-order valence-corrected chi connectivity index (χ3v) is 10.9.